The van der Waals surface area contributed by atoms with Crippen LogP contribution >= 0.6 is 0 Å². The number of para-hydroxylation sites is 1. The fraction of sp³-hybridized carbons (Fsp3) is 0.130. The van der Waals surface area contributed by atoms with Crippen molar-refractivity contribution in [2.24, 2.45) is 0 Å². The molecule has 0 unspecified atom stereocenters. The van der Waals surface area contributed by atoms with Gasteiger partial charge >= 0.3 is 11.7 Å². The molecule has 0 aliphatic rings. The molecule has 0 amide bonds. The number of nitro groups is 1. The van der Waals surface area contributed by atoms with Crippen LogP contribution in [0.3, 0.4) is 0 Å². The number of hydrogen-bond acceptors (Lipinski definition) is 9. The number of benzene rings is 2. The van der Waals surface area contributed by atoms with E-state index in [1.165, 1.54) is 12.4 Å². The highest BCUT2D eigenvalue weighted by molar-refractivity contribution is 5.93. The van der Waals surface area contributed by atoms with Gasteiger partial charge in [-0.2, -0.15) is 0 Å². The van der Waals surface area contributed by atoms with Crippen molar-refractivity contribution in [3.63, 3.8) is 0 Å². The number of rotatable bonds is 7. The average molecular weight is 444 g/mol. The van der Waals surface area contributed by atoms with Gasteiger partial charge in [0.15, 0.2) is 0 Å². The Morgan fingerprint density at radius 2 is 1.82 bits per heavy atom. The van der Waals surface area contributed by atoms with Gasteiger partial charge in [-0.1, -0.05) is 24.3 Å². The molecule has 10 heteroatoms. The molecule has 0 saturated heterocycles. The van der Waals surface area contributed by atoms with Gasteiger partial charge in [0.1, 0.15) is 6.33 Å². The predicted octanol–water partition coefficient (Wildman–Crippen LogP) is 4.91. The maximum Gasteiger partial charge on any atom is 0.353 e. The van der Waals surface area contributed by atoms with Gasteiger partial charge < -0.3 is 15.4 Å². The van der Waals surface area contributed by atoms with Gasteiger partial charge in [0.25, 0.3) is 0 Å². The van der Waals surface area contributed by atoms with Gasteiger partial charge in [0.2, 0.25) is 11.6 Å². The van der Waals surface area contributed by atoms with Crippen molar-refractivity contribution in [3.05, 3.63) is 82.3 Å². The predicted molar refractivity (Wildman–Crippen MR) is 124 cm³/mol. The van der Waals surface area contributed by atoms with Gasteiger partial charge in [-0.15, -0.1) is 0 Å². The number of hydrogen-bond donors (Lipinski definition) is 2. The molecule has 0 bridgehead atoms. The van der Waals surface area contributed by atoms with Crippen LogP contribution in [0.25, 0.3) is 10.9 Å². The highest BCUT2D eigenvalue weighted by Crippen LogP contribution is 2.34. The number of fused-ring (bicyclic) bond motifs is 1. The Kier molecular flexibility index (Phi) is 6.07. The summed E-state index contributed by atoms with van der Waals surface area (Å²) in [4.78, 5) is 36.1. The summed E-state index contributed by atoms with van der Waals surface area (Å²) in [6.07, 6.45) is 1.22. The van der Waals surface area contributed by atoms with Gasteiger partial charge in [-0.3, -0.25) is 15.1 Å². The summed E-state index contributed by atoms with van der Waals surface area (Å²) in [6, 6.07) is 15.8. The van der Waals surface area contributed by atoms with Crippen molar-refractivity contribution in [2.45, 2.75) is 13.8 Å². The summed E-state index contributed by atoms with van der Waals surface area (Å²) in [5.41, 5.74) is 2.47. The minimum atomic E-state index is -0.566. The molecule has 2 N–H and O–H groups in total. The first-order valence-corrected chi connectivity index (χ1v) is 10.1. The van der Waals surface area contributed by atoms with E-state index in [1.807, 2.05) is 31.2 Å². The van der Waals surface area contributed by atoms with Crippen LogP contribution in [0.1, 0.15) is 23.0 Å². The zero-order valence-electron chi connectivity index (χ0n) is 17.9. The Labute approximate surface area is 188 Å². The first kappa shape index (κ1) is 21.6. The number of anilines is 4. The van der Waals surface area contributed by atoms with Gasteiger partial charge in [-0.25, -0.2) is 14.8 Å². The van der Waals surface area contributed by atoms with Gasteiger partial charge in [-0.05, 0) is 44.2 Å². The number of carbonyl (C=O) groups is 1. The molecule has 2 aromatic heterocycles. The van der Waals surface area contributed by atoms with Crippen LogP contribution in [0.2, 0.25) is 0 Å². The standard InChI is InChI=1S/C23H20N6O4/c1-3-33-23(30)16-7-4-8-17(12-16)27-21-20(29(31)32)22(25-13-24-21)28-18-9-5-6-15-11-10-14(2)26-19(15)18/h4-13H,3H2,1-2H3,(H2,24,25,27,28). The number of ether oxygens (including phenoxy) is 1. The third-order valence-corrected chi connectivity index (χ3v) is 4.75. The van der Waals surface area contributed by atoms with Crippen molar-refractivity contribution < 1.29 is 14.5 Å². The molecule has 166 valence electrons. The fourth-order valence-electron chi connectivity index (χ4n) is 3.28. The van der Waals surface area contributed by atoms with E-state index < -0.39 is 10.9 Å². The molecule has 0 atom stereocenters. The maximum atomic E-state index is 12.0. The van der Waals surface area contributed by atoms with E-state index in [4.69, 9.17) is 4.74 Å². The number of pyridine rings is 1. The minimum Gasteiger partial charge on any atom is -0.462 e. The molecular weight excluding hydrogens is 424 g/mol. The number of aryl methyl sites for hydroxylation is 1. The van der Waals surface area contributed by atoms with E-state index in [9.17, 15) is 14.9 Å². The van der Waals surface area contributed by atoms with Crippen molar-refractivity contribution in [2.75, 3.05) is 17.2 Å². The molecule has 0 aliphatic heterocycles. The number of nitrogens with one attached hydrogen (secondary N) is 2. The normalized spacial score (nSPS) is 10.6. The van der Waals surface area contributed by atoms with E-state index in [2.05, 4.69) is 25.6 Å². The van der Waals surface area contributed by atoms with Gasteiger partial charge in [0.05, 0.1) is 28.3 Å². The highest BCUT2D eigenvalue weighted by Gasteiger charge is 2.24. The lowest BCUT2D eigenvalue weighted by Crippen LogP contribution is -2.07. The fourth-order valence-corrected chi connectivity index (χ4v) is 3.28. The van der Waals surface area contributed by atoms with Crippen molar-refractivity contribution >= 4 is 45.6 Å². The summed E-state index contributed by atoms with van der Waals surface area (Å²) in [7, 11) is 0. The van der Waals surface area contributed by atoms with Crippen molar-refractivity contribution in [1.82, 2.24) is 15.0 Å². The number of carbonyl (C=O) groups excluding carboxylic acids is 1. The summed E-state index contributed by atoms with van der Waals surface area (Å²) in [6.45, 7) is 3.83. The summed E-state index contributed by atoms with van der Waals surface area (Å²) < 4.78 is 5.01. The Balaban J connectivity index is 1.71. The molecule has 0 saturated carbocycles. The lowest BCUT2D eigenvalue weighted by Gasteiger charge is -2.12. The van der Waals surface area contributed by atoms with Crippen molar-refractivity contribution in [3.8, 4) is 0 Å². The van der Waals surface area contributed by atoms with Crippen LogP contribution < -0.4 is 10.6 Å². The van der Waals surface area contributed by atoms with E-state index in [0.717, 1.165) is 11.1 Å². The third-order valence-electron chi connectivity index (χ3n) is 4.75. The Hall–Kier alpha value is -4.60. The molecule has 33 heavy (non-hydrogen) atoms. The van der Waals surface area contributed by atoms with Crippen LogP contribution in [0.4, 0.5) is 28.7 Å². The lowest BCUT2D eigenvalue weighted by atomic mass is 10.1. The van der Waals surface area contributed by atoms with Crippen LogP contribution in [0, 0.1) is 17.0 Å². The zero-order valence-corrected chi connectivity index (χ0v) is 17.9. The smallest absolute Gasteiger partial charge is 0.353 e. The Morgan fingerprint density at radius 1 is 1.06 bits per heavy atom. The number of aromatic nitrogens is 3. The lowest BCUT2D eigenvalue weighted by molar-refractivity contribution is -0.383. The first-order chi connectivity index (χ1) is 16.0. The van der Waals surface area contributed by atoms with Gasteiger partial charge in [0, 0.05) is 16.8 Å². The largest absolute Gasteiger partial charge is 0.462 e. The highest BCUT2D eigenvalue weighted by atomic mass is 16.6. The number of nitrogens with zero attached hydrogens (tertiary/aromatic N) is 4. The van der Waals surface area contributed by atoms with E-state index in [1.54, 1.807) is 31.2 Å². The van der Waals surface area contributed by atoms with Crippen LogP contribution in [0.15, 0.2) is 60.9 Å². The quantitative estimate of drug-likeness (QED) is 0.232. The molecule has 10 nitrogen and oxygen atoms in total. The summed E-state index contributed by atoms with van der Waals surface area (Å²) in [5, 5.41) is 18.8. The van der Waals surface area contributed by atoms with Crippen LogP contribution in [-0.2, 0) is 4.74 Å². The molecular formula is C23H20N6O4. The second-order valence-electron chi connectivity index (χ2n) is 7.06. The minimum absolute atomic E-state index is 0.00912. The van der Waals surface area contributed by atoms with E-state index >= 15 is 0 Å². The van der Waals surface area contributed by atoms with E-state index in [0.29, 0.717) is 22.5 Å². The SMILES string of the molecule is CCOC(=O)c1cccc(Nc2ncnc(Nc3cccc4ccc(C)nc34)c2[N+](=O)[O-])c1. The number of esters is 1. The molecule has 0 aliphatic carbocycles. The molecule has 4 rings (SSSR count). The maximum absolute atomic E-state index is 12.0. The first-order valence-electron chi connectivity index (χ1n) is 10.1. The molecule has 2 heterocycles. The summed E-state index contributed by atoms with van der Waals surface area (Å²) in [5.74, 6) is -0.503. The molecule has 2 aromatic carbocycles. The monoisotopic (exact) mass is 444 g/mol. The second kappa shape index (κ2) is 9.27. The summed E-state index contributed by atoms with van der Waals surface area (Å²) >= 11 is 0. The topological polar surface area (TPSA) is 132 Å². The molecule has 0 fully saturated rings. The third kappa shape index (κ3) is 4.69. The molecule has 0 spiro atoms. The Bertz CT molecular complexity index is 1360. The van der Waals surface area contributed by atoms with Crippen molar-refractivity contribution in [1.29, 1.82) is 0 Å². The zero-order chi connectivity index (χ0) is 23.4. The second-order valence-corrected chi connectivity index (χ2v) is 7.06. The Morgan fingerprint density at radius 3 is 2.58 bits per heavy atom. The molecule has 0 radical (unpaired) electrons. The molecule has 4 aromatic rings. The average Bonchev–Trinajstić information content (AvgIpc) is 2.80. The van der Waals surface area contributed by atoms with Crippen LogP contribution in [-0.4, -0.2) is 32.5 Å². The van der Waals surface area contributed by atoms with Crippen LogP contribution in [0.5, 0.6) is 0 Å². The van der Waals surface area contributed by atoms with E-state index in [-0.39, 0.29) is 23.9 Å².